The lowest BCUT2D eigenvalue weighted by Crippen LogP contribution is -2.20. The van der Waals surface area contributed by atoms with E-state index in [0.717, 1.165) is 17.1 Å². The molecule has 0 spiro atoms. The Morgan fingerprint density at radius 3 is 2.59 bits per heavy atom. The second-order valence-corrected chi connectivity index (χ2v) is 6.84. The molecule has 1 aromatic heterocycles. The van der Waals surface area contributed by atoms with Crippen LogP contribution in [0.5, 0.6) is 0 Å². The molecule has 0 aliphatic carbocycles. The number of hydrogen-bond acceptors (Lipinski definition) is 2. The van der Waals surface area contributed by atoms with E-state index in [9.17, 15) is 0 Å². The molecule has 0 unspecified atom stereocenters. The Morgan fingerprint density at radius 1 is 0.926 bits per heavy atom. The van der Waals surface area contributed by atoms with Crippen molar-refractivity contribution in [2.75, 3.05) is 10.6 Å². The number of benzene rings is 3. The first kappa shape index (κ1) is 17.2. The van der Waals surface area contributed by atoms with Crippen LogP contribution in [0.3, 0.4) is 0 Å². The highest BCUT2D eigenvalue weighted by molar-refractivity contribution is 7.80. The third-order valence-corrected chi connectivity index (χ3v) is 4.69. The molecule has 4 nitrogen and oxygen atoms in total. The monoisotopic (exact) mass is 372 g/mol. The highest BCUT2D eigenvalue weighted by Gasteiger charge is 2.06. The van der Waals surface area contributed by atoms with Crippen LogP contribution in [0.2, 0.25) is 0 Å². The molecule has 4 aromatic rings. The average molecular weight is 372 g/mol. The molecular formula is C22H20N4S. The molecular weight excluding hydrogens is 352 g/mol. The Labute approximate surface area is 163 Å². The third kappa shape index (κ3) is 3.99. The maximum absolute atomic E-state index is 5.41. The van der Waals surface area contributed by atoms with Crippen molar-refractivity contribution in [1.82, 2.24) is 9.78 Å². The van der Waals surface area contributed by atoms with Gasteiger partial charge < -0.3 is 10.6 Å². The number of nitrogens with zero attached hydrogens (tertiary/aromatic N) is 2. The summed E-state index contributed by atoms with van der Waals surface area (Å²) in [6.45, 7) is 2.75. The van der Waals surface area contributed by atoms with Gasteiger partial charge in [-0.15, -0.1) is 0 Å². The fourth-order valence-corrected chi connectivity index (χ4v) is 3.32. The van der Waals surface area contributed by atoms with Crippen LogP contribution in [-0.4, -0.2) is 14.9 Å². The Bertz CT molecular complexity index is 1090. The summed E-state index contributed by atoms with van der Waals surface area (Å²) in [5, 5.41) is 14.0. The zero-order chi connectivity index (χ0) is 18.6. The van der Waals surface area contributed by atoms with E-state index in [4.69, 9.17) is 12.2 Å². The molecule has 0 aliphatic heterocycles. The first-order chi connectivity index (χ1) is 13.2. The third-order valence-electron chi connectivity index (χ3n) is 4.49. The van der Waals surface area contributed by atoms with Crippen molar-refractivity contribution in [3.05, 3.63) is 90.1 Å². The minimum atomic E-state index is 0.528. The van der Waals surface area contributed by atoms with Crippen LogP contribution >= 0.6 is 12.2 Å². The van der Waals surface area contributed by atoms with Crippen LogP contribution in [0.15, 0.2) is 79.0 Å². The quantitative estimate of drug-likeness (QED) is 0.483. The number of aryl methyl sites for hydroxylation is 1. The van der Waals surface area contributed by atoms with Gasteiger partial charge in [0.1, 0.15) is 0 Å². The number of nitrogens with one attached hydrogen (secondary N) is 2. The predicted molar refractivity (Wildman–Crippen MR) is 116 cm³/mol. The highest BCUT2D eigenvalue weighted by Crippen LogP contribution is 2.20. The van der Waals surface area contributed by atoms with Gasteiger partial charge in [-0.2, -0.15) is 5.10 Å². The van der Waals surface area contributed by atoms with Crippen molar-refractivity contribution in [2.24, 2.45) is 0 Å². The molecule has 0 atom stereocenters. The summed E-state index contributed by atoms with van der Waals surface area (Å²) in [5.41, 5.74) is 3.37. The predicted octanol–water partition coefficient (Wildman–Crippen LogP) is 5.20. The lowest BCUT2D eigenvalue weighted by atomic mass is 10.0. The van der Waals surface area contributed by atoms with Gasteiger partial charge >= 0.3 is 0 Å². The van der Waals surface area contributed by atoms with E-state index in [0.29, 0.717) is 11.7 Å². The van der Waals surface area contributed by atoms with Gasteiger partial charge in [-0.25, -0.2) is 0 Å². The molecule has 0 radical (unpaired) electrons. The number of rotatable bonds is 4. The van der Waals surface area contributed by atoms with E-state index in [-0.39, 0.29) is 0 Å². The molecule has 27 heavy (non-hydrogen) atoms. The number of anilines is 2. The molecule has 134 valence electrons. The summed E-state index contributed by atoms with van der Waals surface area (Å²) >= 11 is 5.41. The van der Waals surface area contributed by atoms with E-state index in [2.05, 4.69) is 58.2 Å². The van der Waals surface area contributed by atoms with Crippen molar-refractivity contribution >= 4 is 39.6 Å². The number of fused-ring (bicyclic) bond motifs is 1. The molecule has 0 bridgehead atoms. The van der Waals surface area contributed by atoms with Crippen LogP contribution in [0.25, 0.3) is 10.8 Å². The van der Waals surface area contributed by atoms with Gasteiger partial charge in [0.25, 0.3) is 0 Å². The molecule has 5 heteroatoms. The first-order valence-electron chi connectivity index (χ1n) is 8.83. The minimum Gasteiger partial charge on any atom is -0.332 e. The lowest BCUT2D eigenvalue weighted by molar-refractivity contribution is 0.693. The summed E-state index contributed by atoms with van der Waals surface area (Å²) in [6.07, 6.45) is 1.96. The first-order valence-corrected chi connectivity index (χ1v) is 9.23. The Hall–Kier alpha value is -3.18. The number of hydrogen-bond donors (Lipinski definition) is 2. The van der Waals surface area contributed by atoms with E-state index < -0.39 is 0 Å². The van der Waals surface area contributed by atoms with Gasteiger partial charge in [0.05, 0.1) is 6.54 Å². The van der Waals surface area contributed by atoms with Crippen LogP contribution in [0.1, 0.15) is 11.1 Å². The molecule has 2 N–H and O–H groups in total. The maximum atomic E-state index is 5.41. The zero-order valence-corrected chi connectivity index (χ0v) is 15.8. The fourth-order valence-electron chi connectivity index (χ4n) is 3.10. The van der Waals surface area contributed by atoms with Crippen LogP contribution in [-0.2, 0) is 6.54 Å². The number of thiocarbonyl (C=S) groups is 1. The topological polar surface area (TPSA) is 41.9 Å². The molecule has 4 rings (SSSR count). The number of aromatic nitrogens is 2. The van der Waals surface area contributed by atoms with Gasteiger partial charge in [0, 0.05) is 18.0 Å². The molecule has 0 fully saturated rings. The van der Waals surface area contributed by atoms with Crippen molar-refractivity contribution in [3.8, 4) is 0 Å². The van der Waals surface area contributed by atoms with Crippen molar-refractivity contribution in [1.29, 1.82) is 0 Å². The summed E-state index contributed by atoms with van der Waals surface area (Å²) in [7, 11) is 0. The number of para-hydroxylation sites is 1. The van der Waals surface area contributed by atoms with E-state index in [1.807, 2.05) is 48.1 Å². The smallest absolute Gasteiger partial charge is 0.176 e. The van der Waals surface area contributed by atoms with Crippen molar-refractivity contribution in [3.63, 3.8) is 0 Å². The molecule has 0 saturated carbocycles. The second-order valence-electron chi connectivity index (χ2n) is 6.43. The van der Waals surface area contributed by atoms with Gasteiger partial charge in [0.2, 0.25) is 0 Å². The normalized spacial score (nSPS) is 10.7. The molecule has 1 heterocycles. The van der Waals surface area contributed by atoms with Gasteiger partial charge in [-0.3, -0.25) is 4.68 Å². The van der Waals surface area contributed by atoms with Crippen LogP contribution in [0, 0.1) is 6.92 Å². The summed E-state index contributed by atoms with van der Waals surface area (Å²) in [5.74, 6) is 0.723. The van der Waals surface area contributed by atoms with Gasteiger partial charge in [-0.1, -0.05) is 60.7 Å². The van der Waals surface area contributed by atoms with Crippen molar-refractivity contribution < 1.29 is 0 Å². The van der Waals surface area contributed by atoms with E-state index >= 15 is 0 Å². The minimum absolute atomic E-state index is 0.528. The van der Waals surface area contributed by atoms with Gasteiger partial charge in [-0.05, 0) is 47.1 Å². The average Bonchev–Trinajstić information content (AvgIpc) is 3.11. The largest absolute Gasteiger partial charge is 0.332 e. The SMILES string of the molecule is Cc1ccccc1NC(=S)Nc1ccn(Cc2cccc3ccccc23)n1. The molecule has 0 aliphatic rings. The zero-order valence-electron chi connectivity index (χ0n) is 15.0. The Balaban J connectivity index is 1.45. The van der Waals surface area contributed by atoms with E-state index in [1.54, 1.807) is 0 Å². The molecule has 3 aromatic carbocycles. The lowest BCUT2D eigenvalue weighted by Gasteiger charge is -2.11. The van der Waals surface area contributed by atoms with Gasteiger partial charge in [0.15, 0.2) is 10.9 Å². The molecule has 0 amide bonds. The summed E-state index contributed by atoms with van der Waals surface area (Å²) in [4.78, 5) is 0. The maximum Gasteiger partial charge on any atom is 0.176 e. The fraction of sp³-hybridized carbons (Fsp3) is 0.0909. The Kier molecular flexibility index (Phi) is 4.85. The van der Waals surface area contributed by atoms with E-state index in [1.165, 1.54) is 16.3 Å². The standard InChI is InChI=1S/C22H20N4S/c1-16-7-2-5-12-20(16)23-22(27)24-21-13-14-26(25-21)15-18-10-6-9-17-8-3-4-11-19(17)18/h2-14H,15H2,1H3,(H2,23,24,25,27). The molecule has 0 saturated heterocycles. The van der Waals surface area contributed by atoms with Crippen LogP contribution < -0.4 is 10.6 Å². The Morgan fingerprint density at radius 2 is 1.70 bits per heavy atom. The van der Waals surface area contributed by atoms with Crippen molar-refractivity contribution in [2.45, 2.75) is 13.5 Å². The van der Waals surface area contributed by atoms with Crippen LogP contribution in [0.4, 0.5) is 11.5 Å². The highest BCUT2D eigenvalue weighted by atomic mass is 32.1. The summed E-state index contributed by atoms with van der Waals surface area (Å²) < 4.78 is 1.92. The summed E-state index contributed by atoms with van der Waals surface area (Å²) in [6, 6.07) is 24.7. The second kappa shape index (κ2) is 7.60.